The van der Waals surface area contributed by atoms with Crippen LogP contribution in [0.5, 0.6) is 0 Å². The second-order valence-corrected chi connectivity index (χ2v) is 9.23. The van der Waals surface area contributed by atoms with Crippen molar-refractivity contribution in [2.75, 3.05) is 18.0 Å². The van der Waals surface area contributed by atoms with Crippen molar-refractivity contribution < 1.29 is 0 Å². The van der Waals surface area contributed by atoms with E-state index in [2.05, 4.69) is 35.8 Å². The minimum atomic E-state index is -0.137. The molecule has 9 nitrogen and oxygen atoms in total. The van der Waals surface area contributed by atoms with Gasteiger partial charge in [0.05, 0.1) is 18.2 Å². The van der Waals surface area contributed by atoms with Gasteiger partial charge in [0.25, 0.3) is 11.1 Å². The average molecular weight is 412 g/mol. The predicted octanol–water partition coefficient (Wildman–Crippen LogP) is 1.44. The summed E-state index contributed by atoms with van der Waals surface area (Å²) in [5.41, 5.74) is 1.20. The molecule has 4 heterocycles. The molecular formula is C21H29N7O2. The molecule has 1 saturated heterocycles. The van der Waals surface area contributed by atoms with Crippen molar-refractivity contribution in [3.05, 3.63) is 45.0 Å². The highest BCUT2D eigenvalue weighted by Crippen LogP contribution is 2.23. The molecule has 0 unspecified atom stereocenters. The summed E-state index contributed by atoms with van der Waals surface area (Å²) in [6.07, 6.45) is 5.09. The second kappa shape index (κ2) is 7.37. The van der Waals surface area contributed by atoms with Crippen molar-refractivity contribution >= 4 is 17.0 Å². The molecule has 3 aromatic rings. The zero-order valence-electron chi connectivity index (χ0n) is 18.3. The molecule has 0 amide bonds. The maximum absolute atomic E-state index is 12.6. The van der Waals surface area contributed by atoms with Gasteiger partial charge in [0.1, 0.15) is 5.39 Å². The van der Waals surface area contributed by atoms with Crippen LogP contribution in [0.4, 0.5) is 5.95 Å². The van der Waals surface area contributed by atoms with Crippen molar-refractivity contribution in [1.82, 2.24) is 28.9 Å². The number of rotatable bonds is 3. The molecule has 0 spiro atoms. The van der Waals surface area contributed by atoms with Gasteiger partial charge in [-0.05, 0) is 18.8 Å². The maximum Gasteiger partial charge on any atom is 0.265 e. The van der Waals surface area contributed by atoms with Crippen LogP contribution in [-0.2, 0) is 26.1 Å². The molecule has 0 bridgehead atoms. The van der Waals surface area contributed by atoms with E-state index in [0.29, 0.717) is 29.4 Å². The molecule has 3 aromatic heterocycles. The minimum Gasteiger partial charge on any atom is -0.342 e. The van der Waals surface area contributed by atoms with E-state index in [9.17, 15) is 9.59 Å². The smallest absolute Gasteiger partial charge is 0.265 e. The van der Waals surface area contributed by atoms with Crippen molar-refractivity contribution in [3.63, 3.8) is 0 Å². The summed E-state index contributed by atoms with van der Waals surface area (Å²) in [5, 5.41) is 4.69. The maximum atomic E-state index is 12.6. The number of hydrogen-bond acceptors (Lipinski definition) is 6. The molecule has 9 heteroatoms. The lowest BCUT2D eigenvalue weighted by Gasteiger charge is -2.33. The van der Waals surface area contributed by atoms with Gasteiger partial charge in [0, 0.05) is 45.2 Å². The van der Waals surface area contributed by atoms with Crippen molar-refractivity contribution in [1.29, 1.82) is 0 Å². The zero-order valence-corrected chi connectivity index (χ0v) is 18.3. The summed E-state index contributed by atoms with van der Waals surface area (Å²) in [5.74, 6) is 1.06. The van der Waals surface area contributed by atoms with Crippen LogP contribution < -0.4 is 16.0 Å². The highest BCUT2D eigenvalue weighted by molar-refractivity contribution is 5.74. The van der Waals surface area contributed by atoms with Crippen LogP contribution in [0, 0.1) is 5.92 Å². The van der Waals surface area contributed by atoms with E-state index >= 15 is 0 Å². The van der Waals surface area contributed by atoms with Crippen LogP contribution >= 0.6 is 0 Å². The van der Waals surface area contributed by atoms with Gasteiger partial charge < -0.3 is 4.90 Å². The lowest BCUT2D eigenvalue weighted by molar-refractivity contribution is 0.347. The van der Waals surface area contributed by atoms with Crippen molar-refractivity contribution in [2.45, 2.75) is 45.6 Å². The minimum absolute atomic E-state index is 0.00285. The summed E-state index contributed by atoms with van der Waals surface area (Å²) in [4.78, 5) is 36.5. The molecule has 160 valence electrons. The number of anilines is 1. The Balaban J connectivity index is 1.48. The first-order valence-corrected chi connectivity index (χ1v) is 10.4. The average Bonchev–Trinajstić information content (AvgIpc) is 3.07. The van der Waals surface area contributed by atoms with E-state index < -0.39 is 0 Å². The Morgan fingerprint density at radius 3 is 2.47 bits per heavy atom. The SMILES string of the molecule is Cn1c(N2CCC(Cn3cnc(C(C)(C)C)cc3=O)CC2)nc2c(cnn2C)c1=O. The van der Waals surface area contributed by atoms with Gasteiger partial charge in [-0.15, -0.1) is 0 Å². The van der Waals surface area contributed by atoms with Gasteiger partial charge in [-0.3, -0.25) is 23.4 Å². The summed E-state index contributed by atoms with van der Waals surface area (Å²) in [7, 11) is 3.55. The topological polar surface area (TPSA) is 90.8 Å². The second-order valence-electron chi connectivity index (χ2n) is 9.23. The molecule has 0 atom stereocenters. The third-order valence-electron chi connectivity index (χ3n) is 5.95. The summed E-state index contributed by atoms with van der Waals surface area (Å²) < 4.78 is 4.95. The Bertz CT molecular complexity index is 1190. The van der Waals surface area contributed by atoms with E-state index in [1.807, 2.05) is 0 Å². The molecule has 4 rings (SSSR count). The third-order valence-corrected chi connectivity index (χ3v) is 5.95. The van der Waals surface area contributed by atoms with Crippen LogP contribution in [0.15, 0.2) is 28.2 Å². The van der Waals surface area contributed by atoms with Gasteiger partial charge in [0.15, 0.2) is 5.65 Å². The van der Waals surface area contributed by atoms with Gasteiger partial charge in [-0.1, -0.05) is 20.8 Å². The summed E-state index contributed by atoms with van der Waals surface area (Å²) in [6, 6.07) is 1.65. The fourth-order valence-electron chi connectivity index (χ4n) is 4.01. The van der Waals surface area contributed by atoms with E-state index in [-0.39, 0.29) is 16.5 Å². The monoisotopic (exact) mass is 411 g/mol. The van der Waals surface area contributed by atoms with Gasteiger partial charge >= 0.3 is 0 Å². The van der Waals surface area contributed by atoms with Crippen LogP contribution in [-0.4, -0.2) is 42.0 Å². The van der Waals surface area contributed by atoms with Gasteiger partial charge in [0.2, 0.25) is 5.95 Å². The fourth-order valence-corrected chi connectivity index (χ4v) is 4.01. The van der Waals surface area contributed by atoms with E-state index in [1.54, 1.807) is 46.5 Å². The fraction of sp³-hybridized carbons (Fsp3) is 0.571. The molecule has 1 aliphatic heterocycles. The molecule has 1 aliphatic rings. The molecule has 0 radical (unpaired) electrons. The first-order valence-electron chi connectivity index (χ1n) is 10.4. The number of piperidine rings is 1. The zero-order chi connectivity index (χ0) is 21.6. The Hall–Kier alpha value is -2.97. The summed E-state index contributed by atoms with van der Waals surface area (Å²) in [6.45, 7) is 8.40. The normalized spacial score (nSPS) is 15.8. The first kappa shape index (κ1) is 20.3. The van der Waals surface area contributed by atoms with Gasteiger partial charge in [-0.2, -0.15) is 10.1 Å². The number of fused-ring (bicyclic) bond motifs is 1. The highest BCUT2D eigenvalue weighted by atomic mass is 16.1. The largest absolute Gasteiger partial charge is 0.342 e. The molecule has 0 saturated carbocycles. The standard InChI is InChI=1S/C21H29N7O2/c1-21(2,3)16-10-17(29)28(13-22-16)12-14-6-8-27(9-7-14)20-24-18-15(11-23-26(18)5)19(30)25(20)4/h10-11,13-14H,6-9,12H2,1-5H3. The number of aromatic nitrogens is 6. The molecule has 0 aromatic carbocycles. The van der Waals surface area contributed by atoms with Crippen LogP contribution in [0.3, 0.4) is 0 Å². The number of aryl methyl sites for hydroxylation is 1. The number of nitrogens with zero attached hydrogens (tertiary/aromatic N) is 7. The quantitative estimate of drug-likeness (QED) is 0.648. The lowest BCUT2D eigenvalue weighted by atomic mass is 9.92. The molecule has 0 N–H and O–H groups in total. The molecule has 30 heavy (non-hydrogen) atoms. The first-order chi connectivity index (χ1) is 14.1. The van der Waals surface area contributed by atoms with Crippen LogP contribution in [0.2, 0.25) is 0 Å². The van der Waals surface area contributed by atoms with Crippen LogP contribution in [0.1, 0.15) is 39.3 Å². The Labute approximate surface area is 175 Å². The molecular weight excluding hydrogens is 382 g/mol. The predicted molar refractivity (Wildman–Crippen MR) is 116 cm³/mol. The molecule has 1 fully saturated rings. The Morgan fingerprint density at radius 2 is 1.83 bits per heavy atom. The van der Waals surface area contributed by atoms with Crippen molar-refractivity contribution in [2.24, 2.45) is 20.0 Å². The van der Waals surface area contributed by atoms with Gasteiger partial charge in [-0.25, -0.2) is 4.98 Å². The third kappa shape index (κ3) is 3.64. The van der Waals surface area contributed by atoms with Crippen LogP contribution in [0.25, 0.3) is 11.0 Å². The lowest BCUT2D eigenvalue weighted by Crippen LogP contribution is -2.39. The number of hydrogen-bond donors (Lipinski definition) is 0. The Morgan fingerprint density at radius 1 is 1.13 bits per heavy atom. The van der Waals surface area contributed by atoms with Crippen molar-refractivity contribution in [3.8, 4) is 0 Å². The van der Waals surface area contributed by atoms with E-state index in [0.717, 1.165) is 31.6 Å². The Kier molecular flexibility index (Phi) is 4.99. The molecule has 0 aliphatic carbocycles. The summed E-state index contributed by atoms with van der Waals surface area (Å²) >= 11 is 0. The van der Waals surface area contributed by atoms with E-state index in [4.69, 9.17) is 4.98 Å². The van der Waals surface area contributed by atoms with E-state index in [1.165, 1.54) is 0 Å². The highest BCUT2D eigenvalue weighted by Gasteiger charge is 2.24.